The van der Waals surface area contributed by atoms with Gasteiger partial charge in [-0.2, -0.15) is 0 Å². The molecule has 12 heavy (non-hydrogen) atoms. The largest absolute Gasteiger partial charge is 0.303 e. The number of nitro groups is 1. The molecule has 0 aromatic heterocycles. The Morgan fingerprint density at radius 1 is 1.58 bits per heavy atom. The minimum Gasteiger partial charge on any atom is -0.303 e. The van der Waals surface area contributed by atoms with E-state index >= 15 is 0 Å². The fraction of sp³-hybridized carbons (Fsp3) is 0.875. The van der Waals surface area contributed by atoms with E-state index in [4.69, 9.17) is 0 Å². The Morgan fingerprint density at radius 3 is 2.75 bits per heavy atom. The van der Waals surface area contributed by atoms with E-state index in [1.54, 1.807) is 6.92 Å². The van der Waals surface area contributed by atoms with Crippen LogP contribution >= 0.6 is 0 Å². The van der Waals surface area contributed by atoms with Crippen molar-refractivity contribution in [2.75, 3.05) is 0 Å². The molecule has 0 saturated heterocycles. The topological polar surface area (TPSA) is 60.2 Å². The van der Waals surface area contributed by atoms with Gasteiger partial charge in [0, 0.05) is 23.2 Å². The number of hydrogen-bond donors (Lipinski definition) is 0. The average Bonchev–Trinajstić information content (AvgIpc) is 2.50. The van der Waals surface area contributed by atoms with Crippen LogP contribution in [0, 0.1) is 22.0 Å². The maximum Gasteiger partial charge on any atom is 0.216 e. The Balaban J connectivity index is 2.63. The van der Waals surface area contributed by atoms with Gasteiger partial charge in [0.15, 0.2) is 0 Å². The normalized spacial score (nSPS) is 31.4. The second kappa shape index (κ2) is 3.65. The maximum atomic E-state index is 10.5. The summed E-state index contributed by atoms with van der Waals surface area (Å²) in [5.74, 6) is -0.194. The lowest BCUT2D eigenvalue weighted by Crippen LogP contribution is -2.29. The Hall–Kier alpha value is -0.930. The lowest BCUT2D eigenvalue weighted by Gasteiger charge is -2.14. The summed E-state index contributed by atoms with van der Waals surface area (Å²) in [5.41, 5.74) is 0. The van der Waals surface area contributed by atoms with E-state index in [0.29, 0.717) is 6.42 Å². The summed E-state index contributed by atoms with van der Waals surface area (Å²) in [6.07, 6.45) is 3.17. The summed E-state index contributed by atoms with van der Waals surface area (Å²) >= 11 is 0. The Labute approximate surface area is 71.1 Å². The highest BCUT2D eigenvalue weighted by molar-refractivity contribution is 5.53. The van der Waals surface area contributed by atoms with E-state index in [-0.39, 0.29) is 16.8 Å². The third-order valence-electron chi connectivity index (χ3n) is 2.69. The van der Waals surface area contributed by atoms with Gasteiger partial charge in [-0.15, -0.1) is 0 Å². The van der Waals surface area contributed by atoms with Crippen LogP contribution in [0.1, 0.15) is 26.2 Å². The average molecular weight is 171 g/mol. The Kier molecular flexibility index (Phi) is 2.78. The summed E-state index contributed by atoms with van der Waals surface area (Å²) < 4.78 is 0. The zero-order valence-corrected chi connectivity index (χ0v) is 7.10. The lowest BCUT2D eigenvalue weighted by atomic mass is 9.91. The molecule has 0 aromatic rings. The molecular weight excluding hydrogens is 158 g/mol. The number of carbonyl (C=O) groups excluding carboxylic acids is 1. The van der Waals surface area contributed by atoms with Crippen molar-refractivity contribution in [3.63, 3.8) is 0 Å². The van der Waals surface area contributed by atoms with E-state index in [0.717, 1.165) is 19.1 Å². The fourth-order valence-corrected chi connectivity index (χ4v) is 1.95. The van der Waals surface area contributed by atoms with Crippen LogP contribution in [0.3, 0.4) is 0 Å². The van der Waals surface area contributed by atoms with Gasteiger partial charge in [-0.05, 0) is 12.8 Å². The predicted molar refractivity (Wildman–Crippen MR) is 43.4 cm³/mol. The van der Waals surface area contributed by atoms with E-state index in [9.17, 15) is 14.9 Å². The summed E-state index contributed by atoms with van der Waals surface area (Å²) in [6, 6.07) is -0.481. The second-order valence-electron chi connectivity index (χ2n) is 3.44. The van der Waals surface area contributed by atoms with Gasteiger partial charge < -0.3 is 4.79 Å². The highest BCUT2D eigenvalue weighted by atomic mass is 16.6. The van der Waals surface area contributed by atoms with E-state index < -0.39 is 6.04 Å². The fourth-order valence-electron chi connectivity index (χ4n) is 1.95. The quantitative estimate of drug-likeness (QED) is 0.365. The van der Waals surface area contributed by atoms with Gasteiger partial charge in [-0.25, -0.2) is 0 Å². The number of rotatable bonds is 3. The highest BCUT2D eigenvalue weighted by Gasteiger charge is 2.39. The Morgan fingerprint density at radius 2 is 2.25 bits per heavy atom. The molecule has 0 aromatic carbocycles. The molecule has 4 heteroatoms. The van der Waals surface area contributed by atoms with Crippen molar-refractivity contribution in [3.05, 3.63) is 10.1 Å². The van der Waals surface area contributed by atoms with Gasteiger partial charge in [-0.1, -0.05) is 6.92 Å². The van der Waals surface area contributed by atoms with Crippen molar-refractivity contribution in [1.29, 1.82) is 0 Å². The molecule has 1 aliphatic carbocycles. The van der Waals surface area contributed by atoms with E-state index in [1.165, 1.54) is 0 Å². The molecule has 0 N–H and O–H groups in total. The summed E-state index contributed by atoms with van der Waals surface area (Å²) in [4.78, 5) is 20.7. The first-order valence-corrected chi connectivity index (χ1v) is 4.25. The van der Waals surface area contributed by atoms with Gasteiger partial charge in [-0.3, -0.25) is 10.1 Å². The van der Waals surface area contributed by atoms with Crippen LogP contribution in [0.25, 0.3) is 0 Å². The van der Waals surface area contributed by atoms with E-state index in [2.05, 4.69) is 0 Å². The molecule has 0 amide bonds. The minimum atomic E-state index is -0.481. The van der Waals surface area contributed by atoms with Crippen LogP contribution in [0.5, 0.6) is 0 Å². The van der Waals surface area contributed by atoms with Crippen LogP contribution in [0.15, 0.2) is 0 Å². The molecule has 0 heterocycles. The molecule has 0 radical (unpaired) electrons. The standard InChI is InChI=1S/C8H13NO3/c1-6(5-10)7-3-2-4-8(7)9(11)12/h5-8H,2-4H2,1H3/t6-,7+,8+/m0/s1. The summed E-state index contributed by atoms with van der Waals surface area (Å²) in [6.45, 7) is 1.76. The molecule has 1 saturated carbocycles. The van der Waals surface area contributed by atoms with Gasteiger partial charge in [0.25, 0.3) is 0 Å². The lowest BCUT2D eigenvalue weighted by molar-refractivity contribution is -0.529. The summed E-state index contributed by atoms with van der Waals surface area (Å²) in [7, 11) is 0. The van der Waals surface area contributed by atoms with Crippen LogP contribution < -0.4 is 0 Å². The molecule has 0 unspecified atom stereocenters. The van der Waals surface area contributed by atoms with Crippen molar-refractivity contribution in [2.45, 2.75) is 32.2 Å². The van der Waals surface area contributed by atoms with Crippen LogP contribution in [-0.4, -0.2) is 17.3 Å². The number of nitrogens with zero attached hydrogens (tertiary/aromatic N) is 1. The smallest absolute Gasteiger partial charge is 0.216 e. The Bertz CT molecular complexity index is 193. The van der Waals surface area contributed by atoms with E-state index in [1.807, 2.05) is 0 Å². The monoisotopic (exact) mass is 171 g/mol. The molecule has 1 rings (SSSR count). The number of carbonyl (C=O) groups is 1. The molecule has 4 nitrogen and oxygen atoms in total. The molecule has 1 aliphatic rings. The van der Waals surface area contributed by atoms with Gasteiger partial charge in [0.05, 0.1) is 0 Å². The molecule has 0 bridgehead atoms. The van der Waals surface area contributed by atoms with Gasteiger partial charge >= 0.3 is 0 Å². The van der Waals surface area contributed by atoms with Gasteiger partial charge in [0.2, 0.25) is 6.04 Å². The zero-order valence-electron chi connectivity index (χ0n) is 7.10. The predicted octanol–water partition coefficient (Wildman–Crippen LogP) is 1.27. The first kappa shape index (κ1) is 9.16. The van der Waals surface area contributed by atoms with Crippen molar-refractivity contribution in [2.24, 2.45) is 11.8 Å². The van der Waals surface area contributed by atoms with Crippen LogP contribution in [-0.2, 0) is 4.79 Å². The molecule has 1 fully saturated rings. The van der Waals surface area contributed by atoms with Crippen LogP contribution in [0.2, 0.25) is 0 Å². The molecule has 0 spiro atoms. The molecule has 0 aliphatic heterocycles. The molecular formula is C8H13NO3. The van der Waals surface area contributed by atoms with Crippen molar-refractivity contribution in [3.8, 4) is 0 Å². The first-order chi connectivity index (χ1) is 5.66. The highest BCUT2D eigenvalue weighted by Crippen LogP contribution is 2.32. The number of aldehydes is 1. The summed E-state index contributed by atoms with van der Waals surface area (Å²) in [5, 5.41) is 10.5. The second-order valence-corrected chi connectivity index (χ2v) is 3.44. The first-order valence-electron chi connectivity index (χ1n) is 4.25. The maximum absolute atomic E-state index is 10.5. The molecule has 68 valence electrons. The van der Waals surface area contributed by atoms with Gasteiger partial charge in [0.1, 0.15) is 6.29 Å². The van der Waals surface area contributed by atoms with Crippen molar-refractivity contribution >= 4 is 6.29 Å². The third-order valence-corrected chi connectivity index (χ3v) is 2.69. The molecule has 3 atom stereocenters. The van der Waals surface area contributed by atoms with Crippen LogP contribution in [0.4, 0.5) is 0 Å². The van der Waals surface area contributed by atoms with Crippen molar-refractivity contribution in [1.82, 2.24) is 0 Å². The third kappa shape index (κ3) is 1.62. The SMILES string of the molecule is C[C@@H](C=O)[C@H]1CCC[C@H]1[N+](=O)[O-]. The minimum absolute atomic E-state index is 0.0301. The van der Waals surface area contributed by atoms with Crippen molar-refractivity contribution < 1.29 is 9.72 Å². The zero-order chi connectivity index (χ0) is 9.14. The number of hydrogen-bond acceptors (Lipinski definition) is 3.